The molecule has 4 heteroatoms. The van der Waals surface area contributed by atoms with Crippen molar-refractivity contribution in [1.82, 2.24) is 5.32 Å². The zero-order chi connectivity index (χ0) is 10.8. The molecule has 0 aromatic heterocycles. The van der Waals surface area contributed by atoms with Crippen molar-refractivity contribution in [2.24, 2.45) is 0 Å². The highest BCUT2D eigenvalue weighted by atomic mass is 127. The van der Waals surface area contributed by atoms with Gasteiger partial charge in [0, 0.05) is 9.49 Å². The number of carboxylic acids is 1. The summed E-state index contributed by atoms with van der Waals surface area (Å²) in [5.41, 5.74) is 1.12. The molecule has 1 aliphatic heterocycles. The van der Waals surface area contributed by atoms with Gasteiger partial charge in [0.2, 0.25) is 0 Å². The van der Waals surface area contributed by atoms with E-state index in [0.717, 1.165) is 22.1 Å². The summed E-state index contributed by atoms with van der Waals surface area (Å²) >= 11 is 2.25. The lowest BCUT2D eigenvalue weighted by Gasteiger charge is -2.15. The van der Waals surface area contributed by atoms with Crippen LogP contribution in [0.5, 0.6) is 0 Å². The Labute approximate surface area is 102 Å². The van der Waals surface area contributed by atoms with Crippen LogP contribution in [0.2, 0.25) is 0 Å². The molecule has 15 heavy (non-hydrogen) atoms. The molecule has 0 radical (unpaired) electrons. The van der Waals surface area contributed by atoms with Crippen LogP contribution in [0.25, 0.3) is 0 Å². The van der Waals surface area contributed by atoms with Crippen molar-refractivity contribution in [1.29, 1.82) is 0 Å². The van der Waals surface area contributed by atoms with Gasteiger partial charge in [0.1, 0.15) is 6.04 Å². The first-order chi connectivity index (χ1) is 7.18. The molecule has 2 atom stereocenters. The summed E-state index contributed by atoms with van der Waals surface area (Å²) in [5, 5.41) is 12.1. The van der Waals surface area contributed by atoms with Crippen molar-refractivity contribution in [3.63, 3.8) is 0 Å². The molecule has 0 saturated carbocycles. The van der Waals surface area contributed by atoms with Crippen molar-refractivity contribution >= 4 is 28.6 Å². The molecule has 1 aliphatic rings. The number of hydrogen-bond donors (Lipinski definition) is 2. The number of carboxylic acid groups (broad SMARTS) is 1. The van der Waals surface area contributed by atoms with Crippen LogP contribution in [0.15, 0.2) is 24.3 Å². The Morgan fingerprint density at radius 1 is 1.53 bits per heavy atom. The summed E-state index contributed by atoms with van der Waals surface area (Å²) in [7, 11) is 0. The van der Waals surface area contributed by atoms with E-state index >= 15 is 0 Å². The van der Waals surface area contributed by atoms with E-state index in [1.54, 1.807) is 0 Å². The highest BCUT2D eigenvalue weighted by molar-refractivity contribution is 14.1. The minimum Gasteiger partial charge on any atom is -0.480 e. The van der Waals surface area contributed by atoms with Crippen molar-refractivity contribution in [2.45, 2.75) is 18.4 Å². The number of carbonyl (C=O) groups is 1. The highest BCUT2D eigenvalue weighted by Gasteiger charge is 2.33. The van der Waals surface area contributed by atoms with Gasteiger partial charge in [-0.15, -0.1) is 0 Å². The van der Waals surface area contributed by atoms with Crippen LogP contribution in [-0.4, -0.2) is 23.7 Å². The molecule has 1 fully saturated rings. The van der Waals surface area contributed by atoms with Crippen LogP contribution >= 0.6 is 22.6 Å². The average molecular weight is 317 g/mol. The zero-order valence-electron chi connectivity index (χ0n) is 8.11. The maximum atomic E-state index is 11.0. The molecule has 2 N–H and O–H groups in total. The first-order valence-electron chi connectivity index (χ1n) is 4.90. The second kappa shape index (κ2) is 4.49. The van der Waals surface area contributed by atoms with E-state index in [2.05, 4.69) is 34.0 Å². The van der Waals surface area contributed by atoms with E-state index in [-0.39, 0.29) is 5.92 Å². The lowest BCUT2D eigenvalue weighted by molar-refractivity contribution is -0.139. The summed E-state index contributed by atoms with van der Waals surface area (Å²) in [6.07, 6.45) is 0.900. The van der Waals surface area contributed by atoms with E-state index < -0.39 is 12.0 Å². The summed E-state index contributed by atoms with van der Waals surface area (Å²) in [6, 6.07) is 7.64. The van der Waals surface area contributed by atoms with Gasteiger partial charge < -0.3 is 10.4 Å². The SMILES string of the molecule is O=C(O)C1NCCC1c1cccc(I)c1. The maximum Gasteiger partial charge on any atom is 0.321 e. The lowest BCUT2D eigenvalue weighted by atomic mass is 9.92. The fourth-order valence-electron chi connectivity index (χ4n) is 2.06. The molecule has 2 unspecified atom stereocenters. The molecule has 0 amide bonds. The van der Waals surface area contributed by atoms with Crippen LogP contribution in [-0.2, 0) is 4.79 Å². The van der Waals surface area contributed by atoms with Crippen molar-refractivity contribution in [3.8, 4) is 0 Å². The van der Waals surface area contributed by atoms with E-state index in [0.29, 0.717) is 0 Å². The summed E-state index contributed by atoms with van der Waals surface area (Å²) in [6.45, 7) is 0.785. The monoisotopic (exact) mass is 317 g/mol. The highest BCUT2D eigenvalue weighted by Crippen LogP contribution is 2.28. The largest absolute Gasteiger partial charge is 0.480 e. The first-order valence-corrected chi connectivity index (χ1v) is 5.98. The molecule has 1 aromatic carbocycles. The molecule has 3 nitrogen and oxygen atoms in total. The minimum absolute atomic E-state index is 0.109. The Kier molecular flexibility index (Phi) is 3.25. The topological polar surface area (TPSA) is 49.3 Å². The van der Waals surface area contributed by atoms with Gasteiger partial charge in [-0.25, -0.2) is 0 Å². The molecular formula is C11H12INO2. The predicted octanol–water partition coefficient (Wildman–Crippen LogP) is 1.82. The lowest BCUT2D eigenvalue weighted by Crippen LogP contribution is -2.34. The van der Waals surface area contributed by atoms with Crippen LogP contribution < -0.4 is 5.32 Å². The third-order valence-corrected chi connectivity index (χ3v) is 3.44. The third kappa shape index (κ3) is 2.31. The van der Waals surface area contributed by atoms with Crippen LogP contribution in [0.1, 0.15) is 17.9 Å². The molecule has 1 heterocycles. The normalized spacial score (nSPS) is 25.4. The van der Waals surface area contributed by atoms with Crippen molar-refractivity contribution in [3.05, 3.63) is 33.4 Å². The second-order valence-corrected chi connectivity index (χ2v) is 4.97. The van der Waals surface area contributed by atoms with Crippen molar-refractivity contribution < 1.29 is 9.90 Å². The molecule has 0 aliphatic carbocycles. The maximum absolute atomic E-state index is 11.0. The minimum atomic E-state index is -0.753. The van der Waals surface area contributed by atoms with Gasteiger partial charge in [0.15, 0.2) is 0 Å². The van der Waals surface area contributed by atoms with Gasteiger partial charge in [-0.05, 0) is 53.3 Å². The fourth-order valence-corrected chi connectivity index (χ4v) is 2.63. The van der Waals surface area contributed by atoms with E-state index in [9.17, 15) is 4.79 Å². The number of aliphatic carboxylic acids is 1. The van der Waals surface area contributed by atoms with Gasteiger partial charge in [0.05, 0.1) is 0 Å². The van der Waals surface area contributed by atoms with Gasteiger partial charge in [-0.3, -0.25) is 4.79 Å². The number of nitrogens with one attached hydrogen (secondary N) is 1. The van der Waals surface area contributed by atoms with Crippen LogP contribution in [0, 0.1) is 3.57 Å². The quantitative estimate of drug-likeness (QED) is 0.818. The van der Waals surface area contributed by atoms with Gasteiger partial charge in [-0.2, -0.15) is 0 Å². The Morgan fingerprint density at radius 2 is 2.33 bits per heavy atom. The standard InChI is InChI=1S/C11H12INO2/c12-8-3-1-2-7(6-8)9-4-5-13-10(9)11(14)15/h1-3,6,9-10,13H,4-5H2,(H,14,15). The average Bonchev–Trinajstić information content (AvgIpc) is 2.65. The third-order valence-electron chi connectivity index (χ3n) is 2.76. The second-order valence-electron chi connectivity index (χ2n) is 3.72. The molecule has 80 valence electrons. The molecule has 0 spiro atoms. The number of benzene rings is 1. The molecular weight excluding hydrogens is 305 g/mol. The summed E-state index contributed by atoms with van der Waals surface area (Å²) < 4.78 is 1.15. The Morgan fingerprint density at radius 3 is 3.00 bits per heavy atom. The molecule has 1 saturated heterocycles. The fraction of sp³-hybridized carbons (Fsp3) is 0.364. The summed E-state index contributed by atoms with van der Waals surface area (Å²) in [4.78, 5) is 11.0. The van der Waals surface area contributed by atoms with E-state index in [1.165, 1.54) is 0 Å². The number of halogens is 1. The van der Waals surface area contributed by atoms with Crippen LogP contribution in [0.4, 0.5) is 0 Å². The van der Waals surface area contributed by atoms with Crippen molar-refractivity contribution in [2.75, 3.05) is 6.54 Å². The smallest absolute Gasteiger partial charge is 0.321 e. The van der Waals surface area contributed by atoms with Gasteiger partial charge in [0.25, 0.3) is 0 Å². The summed E-state index contributed by atoms with van der Waals surface area (Å²) in [5.74, 6) is -0.645. The van der Waals surface area contributed by atoms with E-state index in [4.69, 9.17) is 5.11 Å². The Balaban J connectivity index is 2.26. The molecule has 1 aromatic rings. The zero-order valence-corrected chi connectivity index (χ0v) is 10.3. The number of hydrogen-bond acceptors (Lipinski definition) is 2. The van der Waals surface area contributed by atoms with Crippen LogP contribution in [0.3, 0.4) is 0 Å². The van der Waals surface area contributed by atoms with Gasteiger partial charge in [-0.1, -0.05) is 12.1 Å². The Hall–Kier alpha value is -0.620. The van der Waals surface area contributed by atoms with Gasteiger partial charge >= 0.3 is 5.97 Å². The van der Waals surface area contributed by atoms with E-state index in [1.807, 2.05) is 18.2 Å². The predicted molar refractivity (Wildman–Crippen MR) is 65.9 cm³/mol. The molecule has 2 rings (SSSR count). The Bertz CT molecular complexity index is 381. The number of rotatable bonds is 2. The first kappa shape index (κ1) is 10.9. The molecule has 0 bridgehead atoms.